The molecule has 1 heterocycles. The summed E-state index contributed by atoms with van der Waals surface area (Å²) in [6, 6.07) is 10.7. The summed E-state index contributed by atoms with van der Waals surface area (Å²) < 4.78 is 10.6. The van der Waals surface area contributed by atoms with Crippen LogP contribution < -0.4 is 14.8 Å². The van der Waals surface area contributed by atoms with Gasteiger partial charge in [-0.15, -0.1) is 11.3 Å². The normalized spacial score (nSPS) is 11.1. The number of anilines is 1. The molecule has 5 nitrogen and oxygen atoms in total. The van der Waals surface area contributed by atoms with Crippen LogP contribution in [-0.2, 0) is 0 Å². The Hall–Kier alpha value is -2.43. The summed E-state index contributed by atoms with van der Waals surface area (Å²) in [5.74, 6) is 0.993. The quantitative estimate of drug-likeness (QED) is 0.406. The standard InChI is InChI=1S/C20H14Cl3N3O2S/c1-27-18-7-16(19(28-2)6-15(18)23)25-9-11(8-24)20-26-17(10-29-20)13-4-3-12(21)5-14(13)22/h3-7,9-10,25H,1-2H3/b11-9-. The molecular weight excluding hydrogens is 453 g/mol. The van der Waals surface area contributed by atoms with Crippen molar-refractivity contribution in [3.05, 3.63) is 62.0 Å². The highest BCUT2D eigenvalue weighted by atomic mass is 35.5. The smallest absolute Gasteiger partial charge is 0.144 e. The highest BCUT2D eigenvalue weighted by molar-refractivity contribution is 7.11. The molecule has 29 heavy (non-hydrogen) atoms. The number of rotatable bonds is 6. The summed E-state index contributed by atoms with van der Waals surface area (Å²) in [5.41, 5.74) is 2.35. The summed E-state index contributed by atoms with van der Waals surface area (Å²) in [6.45, 7) is 0. The third kappa shape index (κ3) is 4.77. The van der Waals surface area contributed by atoms with Crippen LogP contribution in [0.4, 0.5) is 5.69 Å². The van der Waals surface area contributed by atoms with Crippen LogP contribution in [-0.4, -0.2) is 19.2 Å². The predicted octanol–water partition coefficient (Wildman–Crippen LogP) is 6.76. The molecular formula is C20H14Cl3N3O2S. The van der Waals surface area contributed by atoms with Crippen molar-refractivity contribution in [2.75, 3.05) is 19.5 Å². The Morgan fingerprint density at radius 2 is 1.86 bits per heavy atom. The molecule has 0 aliphatic rings. The van der Waals surface area contributed by atoms with E-state index in [0.29, 0.717) is 48.5 Å². The Labute approximate surface area is 187 Å². The van der Waals surface area contributed by atoms with Gasteiger partial charge in [0.2, 0.25) is 0 Å². The highest BCUT2D eigenvalue weighted by Crippen LogP contribution is 2.36. The number of hydrogen-bond donors (Lipinski definition) is 1. The molecule has 148 valence electrons. The van der Waals surface area contributed by atoms with E-state index >= 15 is 0 Å². The van der Waals surface area contributed by atoms with Crippen LogP contribution in [0.25, 0.3) is 16.8 Å². The van der Waals surface area contributed by atoms with Gasteiger partial charge in [-0.2, -0.15) is 5.26 Å². The van der Waals surface area contributed by atoms with E-state index in [4.69, 9.17) is 44.3 Å². The largest absolute Gasteiger partial charge is 0.495 e. The fourth-order valence-electron chi connectivity index (χ4n) is 2.48. The Morgan fingerprint density at radius 3 is 2.52 bits per heavy atom. The molecule has 3 aromatic rings. The van der Waals surface area contributed by atoms with Gasteiger partial charge in [0.05, 0.1) is 35.6 Å². The number of halogens is 3. The monoisotopic (exact) mass is 465 g/mol. The molecule has 2 aromatic carbocycles. The van der Waals surface area contributed by atoms with Gasteiger partial charge >= 0.3 is 0 Å². The molecule has 0 aliphatic heterocycles. The number of nitriles is 1. The van der Waals surface area contributed by atoms with Gasteiger partial charge in [0, 0.05) is 34.3 Å². The third-order valence-electron chi connectivity index (χ3n) is 3.91. The topological polar surface area (TPSA) is 67.2 Å². The first-order chi connectivity index (χ1) is 14.0. The average molecular weight is 467 g/mol. The summed E-state index contributed by atoms with van der Waals surface area (Å²) >= 11 is 19.7. The lowest BCUT2D eigenvalue weighted by molar-refractivity contribution is 0.405. The molecule has 1 aromatic heterocycles. The van der Waals surface area contributed by atoms with Gasteiger partial charge in [-0.05, 0) is 18.2 Å². The van der Waals surface area contributed by atoms with Crippen LogP contribution in [0.1, 0.15) is 5.01 Å². The first-order valence-corrected chi connectivity index (χ1v) is 10.2. The number of nitrogens with one attached hydrogen (secondary N) is 1. The molecule has 9 heteroatoms. The molecule has 3 rings (SSSR count). The Bertz CT molecular complexity index is 1120. The zero-order valence-corrected chi connectivity index (χ0v) is 18.4. The van der Waals surface area contributed by atoms with Crippen molar-refractivity contribution in [1.82, 2.24) is 4.98 Å². The van der Waals surface area contributed by atoms with Crippen molar-refractivity contribution >= 4 is 57.4 Å². The van der Waals surface area contributed by atoms with Crippen molar-refractivity contribution in [1.29, 1.82) is 5.26 Å². The molecule has 0 radical (unpaired) electrons. The maximum Gasteiger partial charge on any atom is 0.144 e. The molecule has 0 aliphatic carbocycles. The van der Waals surface area contributed by atoms with Crippen LogP contribution >= 0.6 is 46.1 Å². The predicted molar refractivity (Wildman–Crippen MR) is 119 cm³/mol. The van der Waals surface area contributed by atoms with E-state index in [1.54, 1.807) is 36.5 Å². The lowest BCUT2D eigenvalue weighted by Crippen LogP contribution is -1.96. The molecule has 0 unspecified atom stereocenters. The number of allylic oxidation sites excluding steroid dienone is 1. The maximum atomic E-state index is 9.59. The molecule has 0 bridgehead atoms. The van der Waals surface area contributed by atoms with E-state index in [1.807, 2.05) is 5.38 Å². The second kappa shape index (κ2) is 9.38. The van der Waals surface area contributed by atoms with Crippen LogP contribution in [0.5, 0.6) is 11.5 Å². The van der Waals surface area contributed by atoms with E-state index in [1.165, 1.54) is 25.6 Å². The van der Waals surface area contributed by atoms with Gasteiger partial charge in [0.1, 0.15) is 28.1 Å². The number of nitrogens with zero attached hydrogens (tertiary/aromatic N) is 2. The fraction of sp³-hybridized carbons (Fsp3) is 0.100. The van der Waals surface area contributed by atoms with Crippen LogP contribution in [0.2, 0.25) is 15.1 Å². The summed E-state index contributed by atoms with van der Waals surface area (Å²) in [7, 11) is 3.05. The van der Waals surface area contributed by atoms with E-state index in [-0.39, 0.29) is 0 Å². The second-order valence-electron chi connectivity index (χ2n) is 5.66. The minimum atomic E-state index is 0.349. The van der Waals surface area contributed by atoms with Gasteiger partial charge in [-0.1, -0.05) is 34.8 Å². The lowest BCUT2D eigenvalue weighted by Gasteiger charge is -2.12. The molecule has 0 saturated carbocycles. The second-order valence-corrected chi connectivity index (χ2v) is 7.77. The SMILES string of the molecule is COc1cc(N/C=C(/C#N)c2nc(-c3ccc(Cl)cc3Cl)cs2)c(OC)cc1Cl. The lowest BCUT2D eigenvalue weighted by atomic mass is 10.2. The van der Waals surface area contributed by atoms with Crippen molar-refractivity contribution in [2.45, 2.75) is 0 Å². The van der Waals surface area contributed by atoms with E-state index in [0.717, 1.165) is 5.56 Å². The number of ether oxygens (including phenoxy) is 2. The van der Waals surface area contributed by atoms with Crippen molar-refractivity contribution in [3.8, 4) is 28.8 Å². The van der Waals surface area contributed by atoms with Crippen LogP contribution in [0.15, 0.2) is 41.9 Å². The minimum Gasteiger partial charge on any atom is -0.495 e. The first-order valence-electron chi connectivity index (χ1n) is 8.16. The van der Waals surface area contributed by atoms with E-state index < -0.39 is 0 Å². The van der Waals surface area contributed by atoms with Crippen LogP contribution in [0, 0.1) is 11.3 Å². The Balaban J connectivity index is 1.90. The molecule has 0 fully saturated rings. The molecule has 0 saturated heterocycles. The number of hydrogen-bond acceptors (Lipinski definition) is 6. The van der Waals surface area contributed by atoms with Crippen molar-refractivity contribution in [3.63, 3.8) is 0 Å². The molecule has 0 atom stereocenters. The van der Waals surface area contributed by atoms with Gasteiger partial charge < -0.3 is 14.8 Å². The summed E-state index contributed by atoms with van der Waals surface area (Å²) in [4.78, 5) is 4.53. The number of aromatic nitrogens is 1. The number of benzene rings is 2. The van der Waals surface area contributed by atoms with Crippen LogP contribution in [0.3, 0.4) is 0 Å². The fourth-order valence-corrected chi connectivity index (χ4v) is 4.00. The van der Waals surface area contributed by atoms with E-state index in [9.17, 15) is 5.26 Å². The van der Waals surface area contributed by atoms with Gasteiger partial charge in [-0.25, -0.2) is 4.98 Å². The highest BCUT2D eigenvalue weighted by Gasteiger charge is 2.13. The zero-order valence-electron chi connectivity index (χ0n) is 15.3. The maximum absolute atomic E-state index is 9.59. The van der Waals surface area contributed by atoms with E-state index in [2.05, 4.69) is 16.4 Å². The minimum absolute atomic E-state index is 0.349. The van der Waals surface area contributed by atoms with Gasteiger partial charge in [0.25, 0.3) is 0 Å². The average Bonchev–Trinajstić information content (AvgIpc) is 3.18. The summed E-state index contributed by atoms with van der Waals surface area (Å²) in [5, 5.41) is 16.5. The number of thiazole rings is 1. The molecule has 0 amide bonds. The first kappa shape index (κ1) is 21.3. The Morgan fingerprint density at radius 1 is 1.10 bits per heavy atom. The van der Waals surface area contributed by atoms with Crippen molar-refractivity contribution in [2.24, 2.45) is 0 Å². The summed E-state index contributed by atoms with van der Waals surface area (Å²) in [6.07, 6.45) is 1.55. The zero-order chi connectivity index (χ0) is 21.0. The Kier molecular flexibility index (Phi) is 6.88. The molecule has 0 spiro atoms. The molecule has 1 N–H and O–H groups in total. The number of methoxy groups -OCH3 is 2. The van der Waals surface area contributed by atoms with Gasteiger partial charge in [-0.3, -0.25) is 0 Å². The van der Waals surface area contributed by atoms with Gasteiger partial charge in [0.15, 0.2) is 0 Å². The third-order valence-corrected chi connectivity index (χ3v) is 5.63. The van der Waals surface area contributed by atoms with Crippen molar-refractivity contribution < 1.29 is 9.47 Å².